The Morgan fingerprint density at radius 2 is 2.18 bits per heavy atom. The van der Waals surface area contributed by atoms with Gasteiger partial charge in [0.25, 0.3) is 5.69 Å². The molecule has 0 saturated heterocycles. The zero-order valence-corrected chi connectivity index (χ0v) is 8.85. The molecule has 0 aliphatic rings. The molecule has 0 atom stereocenters. The van der Waals surface area contributed by atoms with Crippen molar-refractivity contribution >= 4 is 5.69 Å². The van der Waals surface area contributed by atoms with E-state index in [0.29, 0.717) is 24.5 Å². The Hall–Kier alpha value is -2.35. The quantitative estimate of drug-likeness (QED) is 0.591. The lowest BCUT2D eigenvalue weighted by molar-refractivity contribution is -0.384. The van der Waals surface area contributed by atoms with E-state index in [1.807, 2.05) is 0 Å². The van der Waals surface area contributed by atoms with Crippen LogP contribution < -0.4 is 5.73 Å². The van der Waals surface area contributed by atoms with Gasteiger partial charge in [0.2, 0.25) is 0 Å². The Kier molecular flexibility index (Phi) is 3.06. The van der Waals surface area contributed by atoms with Crippen molar-refractivity contribution in [2.45, 2.75) is 6.42 Å². The summed E-state index contributed by atoms with van der Waals surface area (Å²) in [6, 6.07) is 6.28. The van der Waals surface area contributed by atoms with Crippen molar-refractivity contribution in [3.63, 3.8) is 0 Å². The minimum atomic E-state index is -0.469. The molecule has 0 saturated carbocycles. The van der Waals surface area contributed by atoms with E-state index < -0.39 is 4.92 Å². The molecule has 0 aliphatic carbocycles. The first-order valence-electron chi connectivity index (χ1n) is 4.95. The van der Waals surface area contributed by atoms with E-state index in [4.69, 9.17) is 5.73 Å². The van der Waals surface area contributed by atoms with E-state index in [2.05, 4.69) is 15.5 Å². The SMILES string of the molecule is NCCc1nnnn1-c1ccccc1[N+](=O)[O-]. The van der Waals surface area contributed by atoms with Gasteiger partial charge in [0, 0.05) is 12.5 Å². The average Bonchev–Trinajstić information content (AvgIpc) is 2.77. The van der Waals surface area contributed by atoms with Crippen LogP contribution in [0.3, 0.4) is 0 Å². The van der Waals surface area contributed by atoms with Crippen molar-refractivity contribution < 1.29 is 4.92 Å². The van der Waals surface area contributed by atoms with E-state index in [9.17, 15) is 10.1 Å². The molecule has 8 heteroatoms. The number of nitrogens with zero attached hydrogens (tertiary/aromatic N) is 5. The molecule has 0 amide bonds. The van der Waals surface area contributed by atoms with Crippen molar-refractivity contribution in [1.82, 2.24) is 20.2 Å². The third-order valence-corrected chi connectivity index (χ3v) is 2.21. The third-order valence-electron chi connectivity index (χ3n) is 2.21. The first-order chi connectivity index (χ1) is 8.24. The Morgan fingerprint density at radius 3 is 2.88 bits per heavy atom. The predicted octanol–water partition coefficient (Wildman–Crippen LogP) is 0.0717. The normalized spacial score (nSPS) is 10.4. The van der Waals surface area contributed by atoms with Crippen LogP contribution in [0, 0.1) is 10.1 Å². The van der Waals surface area contributed by atoms with Crippen molar-refractivity contribution in [2.24, 2.45) is 5.73 Å². The van der Waals surface area contributed by atoms with Gasteiger partial charge in [0.15, 0.2) is 5.82 Å². The molecule has 0 radical (unpaired) electrons. The lowest BCUT2D eigenvalue weighted by Gasteiger charge is -2.03. The van der Waals surface area contributed by atoms with Crippen molar-refractivity contribution in [3.8, 4) is 5.69 Å². The molecule has 2 rings (SSSR count). The summed E-state index contributed by atoms with van der Waals surface area (Å²) in [6.07, 6.45) is 0.457. The van der Waals surface area contributed by atoms with Gasteiger partial charge < -0.3 is 5.73 Å². The van der Waals surface area contributed by atoms with Gasteiger partial charge in [0.05, 0.1) is 4.92 Å². The van der Waals surface area contributed by atoms with E-state index >= 15 is 0 Å². The topological polar surface area (TPSA) is 113 Å². The second-order valence-electron chi connectivity index (χ2n) is 3.29. The number of rotatable bonds is 4. The third kappa shape index (κ3) is 2.11. The molecule has 0 bridgehead atoms. The van der Waals surface area contributed by atoms with Crippen LogP contribution in [0.2, 0.25) is 0 Å². The molecular weight excluding hydrogens is 224 g/mol. The molecule has 17 heavy (non-hydrogen) atoms. The van der Waals surface area contributed by atoms with Crippen LogP contribution in [-0.4, -0.2) is 31.7 Å². The Balaban J connectivity index is 2.52. The number of benzene rings is 1. The highest BCUT2D eigenvalue weighted by molar-refractivity contribution is 5.51. The molecule has 0 aliphatic heterocycles. The van der Waals surface area contributed by atoms with Gasteiger partial charge in [-0.05, 0) is 23.0 Å². The van der Waals surface area contributed by atoms with E-state index in [0.717, 1.165) is 0 Å². The number of para-hydroxylation sites is 2. The standard InChI is InChI=1S/C9H10N6O2/c10-6-5-9-11-12-13-14(9)7-3-1-2-4-8(7)15(16)17/h1-4H,5-6,10H2. The zero-order chi connectivity index (χ0) is 12.3. The fraction of sp³-hybridized carbons (Fsp3) is 0.222. The first kappa shape index (κ1) is 11.1. The number of hydrogen-bond acceptors (Lipinski definition) is 6. The van der Waals surface area contributed by atoms with Gasteiger partial charge in [-0.25, -0.2) is 0 Å². The second-order valence-corrected chi connectivity index (χ2v) is 3.29. The van der Waals surface area contributed by atoms with Gasteiger partial charge in [-0.2, -0.15) is 4.68 Å². The number of nitro benzene ring substituents is 1. The number of nitro groups is 1. The molecule has 2 aromatic rings. The largest absolute Gasteiger partial charge is 0.330 e. The van der Waals surface area contributed by atoms with E-state index in [1.54, 1.807) is 18.2 Å². The molecular formula is C9H10N6O2. The molecule has 8 nitrogen and oxygen atoms in total. The second kappa shape index (κ2) is 4.66. The highest BCUT2D eigenvalue weighted by Crippen LogP contribution is 2.21. The summed E-state index contributed by atoms with van der Waals surface area (Å²) in [4.78, 5) is 10.4. The number of hydrogen-bond donors (Lipinski definition) is 1. The molecule has 1 aromatic heterocycles. The highest BCUT2D eigenvalue weighted by Gasteiger charge is 2.17. The summed E-state index contributed by atoms with van der Waals surface area (Å²) in [5.41, 5.74) is 5.72. The van der Waals surface area contributed by atoms with Gasteiger partial charge in [0.1, 0.15) is 5.69 Å². The molecule has 0 fully saturated rings. The summed E-state index contributed by atoms with van der Waals surface area (Å²) in [5.74, 6) is 0.502. The summed E-state index contributed by atoms with van der Waals surface area (Å²) < 4.78 is 1.34. The lowest BCUT2D eigenvalue weighted by Crippen LogP contribution is -2.11. The van der Waals surface area contributed by atoms with Crippen molar-refractivity contribution in [3.05, 3.63) is 40.2 Å². The van der Waals surface area contributed by atoms with Gasteiger partial charge in [-0.3, -0.25) is 10.1 Å². The Morgan fingerprint density at radius 1 is 1.41 bits per heavy atom. The molecule has 2 N–H and O–H groups in total. The molecule has 0 unspecified atom stereocenters. The predicted molar refractivity (Wildman–Crippen MR) is 58.6 cm³/mol. The van der Waals surface area contributed by atoms with Crippen LogP contribution in [0.15, 0.2) is 24.3 Å². The minimum absolute atomic E-state index is 0.0435. The van der Waals surface area contributed by atoms with Crippen LogP contribution in [-0.2, 0) is 6.42 Å². The summed E-state index contributed by atoms with van der Waals surface area (Å²) in [7, 11) is 0. The zero-order valence-electron chi connectivity index (χ0n) is 8.85. The van der Waals surface area contributed by atoms with Gasteiger partial charge >= 0.3 is 0 Å². The number of tetrazole rings is 1. The van der Waals surface area contributed by atoms with Crippen molar-refractivity contribution in [2.75, 3.05) is 6.54 Å². The molecule has 1 aromatic carbocycles. The highest BCUT2D eigenvalue weighted by atomic mass is 16.6. The van der Waals surface area contributed by atoms with Crippen LogP contribution in [0.5, 0.6) is 0 Å². The monoisotopic (exact) mass is 234 g/mol. The van der Waals surface area contributed by atoms with E-state index in [-0.39, 0.29) is 5.69 Å². The average molecular weight is 234 g/mol. The minimum Gasteiger partial charge on any atom is -0.330 e. The maximum atomic E-state index is 10.9. The van der Waals surface area contributed by atoms with Crippen molar-refractivity contribution in [1.29, 1.82) is 0 Å². The Labute approximate surface area is 96.2 Å². The van der Waals surface area contributed by atoms with Gasteiger partial charge in [-0.15, -0.1) is 5.10 Å². The van der Waals surface area contributed by atoms with E-state index in [1.165, 1.54) is 10.7 Å². The maximum Gasteiger partial charge on any atom is 0.295 e. The lowest BCUT2D eigenvalue weighted by atomic mass is 10.2. The van der Waals surface area contributed by atoms with Gasteiger partial charge in [-0.1, -0.05) is 12.1 Å². The van der Waals surface area contributed by atoms with Crippen LogP contribution in [0.4, 0.5) is 5.69 Å². The fourth-order valence-corrected chi connectivity index (χ4v) is 1.48. The summed E-state index contributed by atoms with van der Waals surface area (Å²) in [6.45, 7) is 0.376. The fourth-order valence-electron chi connectivity index (χ4n) is 1.48. The van der Waals surface area contributed by atoms with Crippen LogP contribution >= 0.6 is 0 Å². The number of aromatic nitrogens is 4. The van der Waals surface area contributed by atoms with Crippen LogP contribution in [0.1, 0.15) is 5.82 Å². The maximum absolute atomic E-state index is 10.9. The summed E-state index contributed by atoms with van der Waals surface area (Å²) >= 11 is 0. The molecule has 1 heterocycles. The van der Waals surface area contributed by atoms with Crippen LogP contribution in [0.25, 0.3) is 5.69 Å². The Bertz CT molecular complexity index is 538. The molecule has 88 valence electrons. The number of nitrogens with two attached hydrogens (primary N) is 1. The first-order valence-corrected chi connectivity index (χ1v) is 4.95. The molecule has 0 spiro atoms. The summed E-state index contributed by atoms with van der Waals surface area (Å²) in [5, 5.41) is 21.9. The smallest absolute Gasteiger partial charge is 0.295 e.